The van der Waals surface area contributed by atoms with E-state index in [1.807, 2.05) is 54.6 Å². The van der Waals surface area contributed by atoms with Crippen LogP contribution in [0.4, 0.5) is 0 Å². The fraction of sp³-hybridized carbons (Fsp3) is 0.0909. The normalized spacial score (nSPS) is 19.7. The van der Waals surface area contributed by atoms with E-state index in [0.717, 1.165) is 16.7 Å². The van der Waals surface area contributed by atoms with E-state index >= 15 is 0 Å². The van der Waals surface area contributed by atoms with Gasteiger partial charge in [0.1, 0.15) is 5.66 Å². The van der Waals surface area contributed by atoms with Gasteiger partial charge in [0.15, 0.2) is 0 Å². The third kappa shape index (κ3) is 2.24. The van der Waals surface area contributed by atoms with Gasteiger partial charge in [-0.15, -0.1) is 0 Å². The Morgan fingerprint density at radius 1 is 0.654 bits per heavy atom. The van der Waals surface area contributed by atoms with Gasteiger partial charge in [-0.25, -0.2) is 5.43 Å². The molecule has 4 heteroatoms. The molecule has 4 nitrogen and oxygen atoms in total. The molecule has 0 bridgehead atoms. The van der Waals surface area contributed by atoms with Gasteiger partial charge < -0.3 is 16.9 Å². The van der Waals surface area contributed by atoms with Crippen LogP contribution < -0.4 is 22.3 Å². The van der Waals surface area contributed by atoms with Crippen molar-refractivity contribution >= 4 is 0 Å². The highest BCUT2D eigenvalue weighted by Gasteiger charge is 2.56. The van der Waals surface area contributed by atoms with E-state index in [4.69, 9.17) is 11.5 Å². The molecule has 130 valence electrons. The van der Waals surface area contributed by atoms with Crippen molar-refractivity contribution in [1.29, 1.82) is 0 Å². The largest absolute Gasteiger partial charge is 0.398 e. The van der Waals surface area contributed by atoms with E-state index < -0.39 is 11.1 Å². The molecule has 6 N–H and O–H groups in total. The van der Waals surface area contributed by atoms with Crippen molar-refractivity contribution in [2.75, 3.05) is 0 Å². The Bertz CT molecular complexity index is 810. The molecule has 0 fully saturated rings. The molecule has 0 amide bonds. The van der Waals surface area contributed by atoms with Crippen molar-refractivity contribution in [3.63, 3.8) is 0 Å². The smallest absolute Gasteiger partial charge is 0.143 e. The zero-order valence-corrected chi connectivity index (χ0v) is 14.4. The molecule has 0 saturated heterocycles. The lowest BCUT2D eigenvalue weighted by atomic mass is 9.61. The SMILES string of the molecule is NC1=CNNC1(N)C(c1ccccc1)(c1ccccc1)c1ccccc1. The minimum Gasteiger partial charge on any atom is -0.398 e. The highest BCUT2D eigenvalue weighted by molar-refractivity contribution is 5.57. The molecule has 0 radical (unpaired) electrons. The maximum Gasteiger partial charge on any atom is 0.143 e. The van der Waals surface area contributed by atoms with Crippen molar-refractivity contribution in [2.24, 2.45) is 11.5 Å². The Kier molecular flexibility index (Phi) is 3.99. The first kappa shape index (κ1) is 16.4. The zero-order valence-electron chi connectivity index (χ0n) is 14.4. The third-order valence-electron chi connectivity index (χ3n) is 5.16. The molecule has 0 spiro atoms. The Hall–Kier alpha value is -3.08. The Morgan fingerprint density at radius 3 is 1.35 bits per heavy atom. The molecule has 1 aliphatic heterocycles. The number of nitrogens with one attached hydrogen (secondary N) is 2. The second kappa shape index (κ2) is 6.33. The van der Waals surface area contributed by atoms with Gasteiger partial charge in [0, 0.05) is 6.20 Å². The summed E-state index contributed by atoms with van der Waals surface area (Å²) >= 11 is 0. The van der Waals surface area contributed by atoms with Crippen LogP contribution in [0.2, 0.25) is 0 Å². The van der Waals surface area contributed by atoms with Gasteiger partial charge in [-0.1, -0.05) is 91.0 Å². The Labute approximate surface area is 153 Å². The standard InChI is InChI=1S/C22H22N4/c23-20-16-25-26-22(20,24)21(17-10-4-1-5-11-17,18-12-6-2-7-13-18)19-14-8-3-9-15-19/h1-16,25-26H,23-24H2. The summed E-state index contributed by atoms with van der Waals surface area (Å²) in [6.45, 7) is 0. The summed E-state index contributed by atoms with van der Waals surface area (Å²) < 4.78 is 0. The first-order valence-electron chi connectivity index (χ1n) is 8.64. The molecule has 4 rings (SSSR count). The predicted molar refractivity (Wildman–Crippen MR) is 105 cm³/mol. The summed E-state index contributed by atoms with van der Waals surface area (Å²) in [5, 5.41) is 0. The number of rotatable bonds is 4. The van der Waals surface area contributed by atoms with Crippen LogP contribution >= 0.6 is 0 Å². The van der Waals surface area contributed by atoms with Gasteiger partial charge in [0.2, 0.25) is 0 Å². The molecular weight excluding hydrogens is 320 g/mol. The highest BCUT2D eigenvalue weighted by atomic mass is 15.5. The second-order valence-corrected chi connectivity index (χ2v) is 6.53. The summed E-state index contributed by atoms with van der Waals surface area (Å²) in [6, 6.07) is 30.8. The van der Waals surface area contributed by atoms with Gasteiger partial charge in [0.25, 0.3) is 0 Å². The van der Waals surface area contributed by atoms with Crippen molar-refractivity contribution in [1.82, 2.24) is 10.9 Å². The monoisotopic (exact) mass is 342 g/mol. The first-order valence-corrected chi connectivity index (χ1v) is 8.64. The fourth-order valence-electron chi connectivity index (χ4n) is 3.97. The lowest BCUT2D eigenvalue weighted by Gasteiger charge is -2.48. The molecule has 1 aliphatic rings. The van der Waals surface area contributed by atoms with Crippen LogP contribution in [0.25, 0.3) is 0 Å². The molecule has 1 atom stereocenters. The average Bonchev–Trinajstić information content (AvgIpc) is 3.04. The van der Waals surface area contributed by atoms with E-state index in [9.17, 15) is 0 Å². The second-order valence-electron chi connectivity index (χ2n) is 6.53. The summed E-state index contributed by atoms with van der Waals surface area (Å²) in [4.78, 5) is 0. The van der Waals surface area contributed by atoms with E-state index in [0.29, 0.717) is 5.70 Å². The number of benzene rings is 3. The lowest BCUT2D eigenvalue weighted by molar-refractivity contribution is 0.285. The lowest BCUT2D eigenvalue weighted by Crippen LogP contribution is -2.69. The predicted octanol–water partition coefficient (Wildman–Crippen LogP) is 2.58. The van der Waals surface area contributed by atoms with Gasteiger partial charge in [-0.3, -0.25) is 0 Å². The topological polar surface area (TPSA) is 76.1 Å². The van der Waals surface area contributed by atoms with Crippen LogP contribution in [0.5, 0.6) is 0 Å². The minimum absolute atomic E-state index is 0.550. The molecular formula is C22H22N4. The van der Waals surface area contributed by atoms with Crippen molar-refractivity contribution in [3.8, 4) is 0 Å². The van der Waals surface area contributed by atoms with E-state index in [2.05, 4.69) is 47.2 Å². The first-order chi connectivity index (χ1) is 12.7. The minimum atomic E-state index is -1.04. The van der Waals surface area contributed by atoms with Crippen molar-refractivity contribution in [2.45, 2.75) is 11.1 Å². The third-order valence-corrected chi connectivity index (χ3v) is 5.16. The molecule has 26 heavy (non-hydrogen) atoms. The molecule has 1 unspecified atom stereocenters. The number of hydrazine groups is 1. The Morgan fingerprint density at radius 2 is 1.04 bits per heavy atom. The van der Waals surface area contributed by atoms with Crippen LogP contribution in [-0.4, -0.2) is 5.66 Å². The summed E-state index contributed by atoms with van der Waals surface area (Å²) in [5.74, 6) is 0. The molecule has 3 aromatic rings. The molecule has 3 aromatic carbocycles. The molecule has 0 aliphatic carbocycles. The summed E-state index contributed by atoms with van der Waals surface area (Å²) in [5.41, 5.74) is 21.6. The van der Waals surface area contributed by atoms with Crippen LogP contribution in [0.1, 0.15) is 16.7 Å². The zero-order chi connectivity index (χ0) is 18.0. The maximum atomic E-state index is 7.01. The van der Waals surface area contributed by atoms with Crippen LogP contribution in [0.3, 0.4) is 0 Å². The van der Waals surface area contributed by atoms with E-state index in [-0.39, 0.29) is 0 Å². The van der Waals surface area contributed by atoms with Crippen molar-refractivity contribution in [3.05, 3.63) is 120 Å². The number of hydrogen-bond acceptors (Lipinski definition) is 4. The molecule has 0 saturated carbocycles. The van der Waals surface area contributed by atoms with Gasteiger partial charge in [-0.05, 0) is 16.7 Å². The van der Waals surface area contributed by atoms with Crippen molar-refractivity contribution < 1.29 is 0 Å². The average molecular weight is 342 g/mol. The molecule has 0 aromatic heterocycles. The fourth-order valence-corrected chi connectivity index (χ4v) is 3.97. The quantitative estimate of drug-likeness (QED) is 0.550. The number of hydrogen-bond donors (Lipinski definition) is 4. The van der Waals surface area contributed by atoms with E-state index in [1.54, 1.807) is 6.20 Å². The Balaban J connectivity index is 2.13. The van der Waals surface area contributed by atoms with Gasteiger partial charge >= 0.3 is 0 Å². The van der Waals surface area contributed by atoms with Gasteiger partial charge in [0.05, 0.1) is 11.1 Å². The van der Waals surface area contributed by atoms with Crippen LogP contribution in [0, 0.1) is 0 Å². The highest BCUT2D eigenvalue weighted by Crippen LogP contribution is 2.47. The summed E-state index contributed by atoms with van der Waals surface area (Å²) in [6.07, 6.45) is 1.73. The maximum absolute atomic E-state index is 7.01. The van der Waals surface area contributed by atoms with Crippen LogP contribution in [-0.2, 0) is 5.41 Å². The van der Waals surface area contributed by atoms with Crippen LogP contribution in [0.15, 0.2) is 103 Å². The number of nitrogens with two attached hydrogens (primary N) is 2. The summed E-state index contributed by atoms with van der Waals surface area (Å²) in [7, 11) is 0. The molecule has 1 heterocycles. The van der Waals surface area contributed by atoms with Gasteiger partial charge in [-0.2, -0.15) is 0 Å². The van der Waals surface area contributed by atoms with E-state index in [1.165, 1.54) is 0 Å².